The number of hydrogen-bond donors (Lipinski definition) is 0. The van der Waals surface area contributed by atoms with Gasteiger partial charge in [0.2, 0.25) is 0 Å². The molecule has 8 nitrogen and oxygen atoms in total. The number of benzene rings is 2. The Morgan fingerprint density at radius 3 is 2.66 bits per heavy atom. The van der Waals surface area contributed by atoms with E-state index in [1.807, 2.05) is 0 Å². The summed E-state index contributed by atoms with van der Waals surface area (Å²) in [6.45, 7) is 0. The van der Waals surface area contributed by atoms with Crippen molar-refractivity contribution in [3.8, 4) is 22.7 Å². The zero-order valence-electron chi connectivity index (χ0n) is 18.4. The first-order valence-electron chi connectivity index (χ1n) is 10.4. The van der Waals surface area contributed by atoms with Crippen molar-refractivity contribution in [3.05, 3.63) is 101 Å². The Bertz CT molecular complexity index is 1710. The second-order valence-electron chi connectivity index (χ2n) is 7.73. The van der Waals surface area contributed by atoms with Crippen LogP contribution in [0.1, 0.15) is 5.69 Å². The standard InChI is InChI=1S/C25H18FN3O5S/c1-33-24-13-21(16-3-2-4-18(26)11-16)27-14-23(24)29-22-7-6-20(12-17(22)5-8-25(29)30)35(31,32)15-19-9-10-34-28-19/h2-14H,15H2,1H3. The second-order valence-corrected chi connectivity index (χ2v) is 9.72. The van der Waals surface area contributed by atoms with Crippen LogP contribution in [0.5, 0.6) is 5.75 Å². The molecule has 35 heavy (non-hydrogen) atoms. The lowest BCUT2D eigenvalue weighted by molar-refractivity contribution is 0.412. The molecule has 0 aliphatic heterocycles. The molecule has 0 fully saturated rings. The number of aromatic nitrogens is 3. The van der Waals surface area contributed by atoms with E-state index >= 15 is 0 Å². The van der Waals surface area contributed by atoms with Crippen LogP contribution in [0.4, 0.5) is 4.39 Å². The molecule has 176 valence electrons. The predicted molar refractivity (Wildman–Crippen MR) is 127 cm³/mol. The van der Waals surface area contributed by atoms with Crippen molar-refractivity contribution in [3.63, 3.8) is 0 Å². The molecule has 0 unspecified atom stereocenters. The summed E-state index contributed by atoms with van der Waals surface area (Å²) in [7, 11) is -2.24. The third-order valence-electron chi connectivity index (χ3n) is 5.48. The van der Waals surface area contributed by atoms with Gasteiger partial charge in [-0.15, -0.1) is 0 Å². The van der Waals surface area contributed by atoms with Gasteiger partial charge in [-0.25, -0.2) is 12.8 Å². The number of methoxy groups -OCH3 is 1. The molecular weight excluding hydrogens is 473 g/mol. The summed E-state index contributed by atoms with van der Waals surface area (Å²) in [6, 6.07) is 16.5. The van der Waals surface area contributed by atoms with Crippen molar-refractivity contribution >= 4 is 20.7 Å². The van der Waals surface area contributed by atoms with Gasteiger partial charge in [0.1, 0.15) is 29.3 Å². The largest absolute Gasteiger partial charge is 0.494 e. The van der Waals surface area contributed by atoms with Crippen LogP contribution in [0.2, 0.25) is 0 Å². The van der Waals surface area contributed by atoms with E-state index in [4.69, 9.17) is 9.26 Å². The lowest BCUT2D eigenvalue weighted by Gasteiger charge is -2.15. The smallest absolute Gasteiger partial charge is 0.255 e. The zero-order valence-corrected chi connectivity index (χ0v) is 19.2. The SMILES string of the molecule is COc1cc(-c2cccc(F)c2)ncc1-n1c(=O)ccc2cc(S(=O)(=O)Cc3ccon3)ccc21. The van der Waals surface area contributed by atoms with Gasteiger partial charge in [-0.3, -0.25) is 14.3 Å². The molecule has 0 bridgehead atoms. The van der Waals surface area contributed by atoms with E-state index < -0.39 is 15.7 Å². The quantitative estimate of drug-likeness (QED) is 0.351. The topological polar surface area (TPSA) is 104 Å². The monoisotopic (exact) mass is 491 g/mol. The molecule has 3 aromatic heterocycles. The average Bonchev–Trinajstić information content (AvgIpc) is 3.36. The van der Waals surface area contributed by atoms with Crippen LogP contribution in [-0.2, 0) is 15.6 Å². The van der Waals surface area contributed by atoms with E-state index in [0.717, 1.165) is 0 Å². The molecule has 5 aromatic rings. The number of halogens is 1. The van der Waals surface area contributed by atoms with Gasteiger partial charge < -0.3 is 9.26 Å². The van der Waals surface area contributed by atoms with Crippen molar-refractivity contribution in [2.75, 3.05) is 7.11 Å². The molecule has 0 aliphatic carbocycles. The normalized spacial score (nSPS) is 11.6. The fourth-order valence-corrected chi connectivity index (χ4v) is 5.11. The van der Waals surface area contributed by atoms with Gasteiger partial charge in [-0.05, 0) is 36.4 Å². The highest BCUT2D eigenvalue weighted by Gasteiger charge is 2.19. The molecule has 5 rings (SSSR count). The second kappa shape index (κ2) is 8.80. The van der Waals surface area contributed by atoms with Crippen molar-refractivity contribution in [2.45, 2.75) is 10.6 Å². The summed E-state index contributed by atoms with van der Waals surface area (Å²) >= 11 is 0. The highest BCUT2D eigenvalue weighted by molar-refractivity contribution is 7.90. The molecule has 2 aromatic carbocycles. The van der Waals surface area contributed by atoms with Crippen LogP contribution >= 0.6 is 0 Å². The predicted octanol–water partition coefficient (Wildman–Crippen LogP) is 4.16. The van der Waals surface area contributed by atoms with Gasteiger partial charge in [0.15, 0.2) is 9.84 Å². The fraction of sp³-hybridized carbons (Fsp3) is 0.0800. The molecule has 0 saturated carbocycles. The minimum Gasteiger partial charge on any atom is -0.494 e. The maximum Gasteiger partial charge on any atom is 0.255 e. The highest BCUT2D eigenvalue weighted by Crippen LogP contribution is 2.30. The number of rotatable bonds is 6. The zero-order chi connectivity index (χ0) is 24.6. The molecule has 0 amide bonds. The van der Waals surface area contributed by atoms with Gasteiger partial charge in [-0.2, -0.15) is 0 Å². The maximum atomic E-state index is 13.7. The van der Waals surface area contributed by atoms with Crippen LogP contribution in [-0.4, -0.2) is 30.2 Å². The van der Waals surface area contributed by atoms with E-state index in [9.17, 15) is 17.6 Å². The van der Waals surface area contributed by atoms with Gasteiger partial charge in [0.05, 0.1) is 35.1 Å². The molecule has 0 aliphatic rings. The van der Waals surface area contributed by atoms with Crippen molar-refractivity contribution in [2.24, 2.45) is 0 Å². The number of fused-ring (bicyclic) bond motifs is 1. The number of ether oxygens (including phenoxy) is 1. The van der Waals surface area contributed by atoms with Gasteiger partial charge in [0, 0.05) is 29.1 Å². The van der Waals surface area contributed by atoms with Crippen LogP contribution < -0.4 is 10.3 Å². The molecule has 0 atom stereocenters. The molecule has 0 radical (unpaired) electrons. The van der Waals surface area contributed by atoms with Crippen molar-refractivity contribution < 1.29 is 22.1 Å². The lowest BCUT2D eigenvalue weighted by atomic mass is 10.1. The van der Waals surface area contributed by atoms with E-state index in [1.54, 1.807) is 30.3 Å². The average molecular weight is 492 g/mol. The Hall–Kier alpha value is -4.31. The number of sulfone groups is 1. The van der Waals surface area contributed by atoms with E-state index in [1.165, 1.54) is 60.5 Å². The first kappa shape index (κ1) is 22.5. The summed E-state index contributed by atoms with van der Waals surface area (Å²) in [5.41, 5.74) is 1.80. The Labute approximate surface area is 199 Å². The fourth-order valence-electron chi connectivity index (χ4n) is 3.82. The van der Waals surface area contributed by atoms with Crippen LogP contribution in [0.3, 0.4) is 0 Å². The number of pyridine rings is 2. The molecule has 0 saturated heterocycles. The van der Waals surface area contributed by atoms with Crippen LogP contribution in [0, 0.1) is 5.82 Å². The first-order chi connectivity index (χ1) is 16.9. The van der Waals surface area contributed by atoms with E-state index in [0.29, 0.717) is 39.3 Å². The summed E-state index contributed by atoms with van der Waals surface area (Å²) in [5, 5.41) is 4.20. The molecule has 10 heteroatoms. The van der Waals surface area contributed by atoms with Crippen LogP contribution in [0.25, 0.3) is 27.8 Å². The molecule has 0 spiro atoms. The molecule has 0 N–H and O–H groups in total. The number of nitrogens with zero attached hydrogens (tertiary/aromatic N) is 3. The Balaban J connectivity index is 1.61. The van der Waals surface area contributed by atoms with Gasteiger partial charge in [-0.1, -0.05) is 17.3 Å². The van der Waals surface area contributed by atoms with Gasteiger partial charge in [0.25, 0.3) is 5.56 Å². The maximum absolute atomic E-state index is 13.7. The Kier molecular flexibility index (Phi) is 5.65. The van der Waals surface area contributed by atoms with E-state index in [-0.39, 0.29) is 16.2 Å². The van der Waals surface area contributed by atoms with Crippen LogP contribution in [0.15, 0.2) is 93.4 Å². The summed E-state index contributed by atoms with van der Waals surface area (Å²) in [4.78, 5) is 17.4. The summed E-state index contributed by atoms with van der Waals surface area (Å²) in [6.07, 6.45) is 2.78. The lowest BCUT2D eigenvalue weighted by Crippen LogP contribution is -2.18. The minimum absolute atomic E-state index is 0.0877. The Morgan fingerprint density at radius 1 is 1.06 bits per heavy atom. The van der Waals surface area contributed by atoms with Crippen molar-refractivity contribution in [1.29, 1.82) is 0 Å². The third-order valence-corrected chi connectivity index (χ3v) is 7.13. The molecule has 3 heterocycles. The summed E-state index contributed by atoms with van der Waals surface area (Å²) in [5.74, 6) is -0.364. The minimum atomic E-state index is -3.69. The number of hydrogen-bond acceptors (Lipinski definition) is 7. The highest BCUT2D eigenvalue weighted by atomic mass is 32.2. The molecular formula is C25H18FN3O5S. The van der Waals surface area contributed by atoms with Crippen molar-refractivity contribution in [1.82, 2.24) is 14.7 Å². The van der Waals surface area contributed by atoms with E-state index in [2.05, 4.69) is 10.1 Å². The van der Waals surface area contributed by atoms with Gasteiger partial charge >= 0.3 is 0 Å². The Morgan fingerprint density at radius 2 is 1.91 bits per heavy atom. The third kappa shape index (κ3) is 4.31. The summed E-state index contributed by atoms with van der Waals surface area (Å²) < 4.78 is 51.0. The first-order valence-corrected chi connectivity index (χ1v) is 12.1.